The molecule has 15 nitrogen and oxygen atoms in total. The number of amides is 4. The lowest BCUT2D eigenvalue weighted by molar-refractivity contribution is -0.120. The van der Waals surface area contributed by atoms with Crippen molar-refractivity contribution >= 4 is 62.6 Å². The molecule has 9 heterocycles. The molecule has 0 radical (unpaired) electrons. The van der Waals surface area contributed by atoms with Gasteiger partial charge in [-0.25, -0.2) is 13.6 Å². The van der Waals surface area contributed by atoms with Crippen LogP contribution in [0.15, 0.2) is 48.7 Å². The zero-order valence-corrected chi connectivity index (χ0v) is 42.7. The van der Waals surface area contributed by atoms with Gasteiger partial charge in [0.1, 0.15) is 28.6 Å². The number of imide groups is 1. The van der Waals surface area contributed by atoms with Crippen molar-refractivity contribution in [2.24, 2.45) is 16.7 Å². The van der Waals surface area contributed by atoms with E-state index in [1.54, 1.807) is 24.4 Å². The minimum absolute atomic E-state index is 0.0357. The Morgan fingerprint density at radius 2 is 1.68 bits per heavy atom. The number of nitrogens with zero attached hydrogens (tertiary/aromatic N) is 8. The van der Waals surface area contributed by atoms with Crippen LogP contribution in [0.3, 0.4) is 0 Å². The number of phenols is 1. The topological polar surface area (TPSA) is 160 Å². The summed E-state index contributed by atoms with van der Waals surface area (Å²) in [5.41, 5.74) is 1.25. The quantitative estimate of drug-likeness (QED) is 0.110. The van der Waals surface area contributed by atoms with Gasteiger partial charge in [-0.3, -0.25) is 34.6 Å². The van der Waals surface area contributed by atoms with Crippen molar-refractivity contribution in [1.29, 1.82) is 0 Å². The number of aromatic nitrogens is 3. The molecular formula is C57H61ClF2N10O5. The number of hydrogen-bond donors (Lipinski definition) is 3. The molecule has 7 aliphatic heterocycles. The van der Waals surface area contributed by atoms with E-state index in [1.807, 2.05) is 4.90 Å². The number of likely N-dealkylation sites (tertiary alicyclic amines) is 1. The summed E-state index contributed by atoms with van der Waals surface area (Å²) in [6, 6.07) is 11.9. The molecule has 4 unspecified atom stereocenters. The number of benzene rings is 3. The molecule has 4 bridgehead atoms. The van der Waals surface area contributed by atoms with E-state index >= 15 is 8.78 Å². The minimum Gasteiger partial charge on any atom is -0.508 e. The van der Waals surface area contributed by atoms with Crippen molar-refractivity contribution in [1.82, 2.24) is 40.3 Å². The van der Waals surface area contributed by atoms with Gasteiger partial charge in [-0.15, -0.1) is 6.42 Å². The number of piperazine rings is 2. The Morgan fingerprint density at radius 3 is 2.40 bits per heavy atom. The monoisotopic (exact) mass is 1040 g/mol. The standard InChI is InChI=1S/C57H61ClF2N10O5/c1-2-41-45(59)8-4-34-21-40(71)24-42(48(34)41)50-49(60)51-43(25-61-50)52(68-27-36-5-6-37(28-68)62-36)65-54(64-51)75-32-57(14-15-57)31-66-29-38-23-39(30-66)70(38)26-33-9-12-56(13-10-33)16-19-67(20-17-56)53(73)35-3-7-44(58)46(22-35)69-18-11-47(72)63-55(69)74/h1,3-4,7-8,21-22,24-25,33,36-39,62,71H,5-6,9-20,23,26-32H2,(H,63,72,74). The van der Waals surface area contributed by atoms with Crippen molar-refractivity contribution in [2.45, 2.75) is 101 Å². The highest BCUT2D eigenvalue weighted by molar-refractivity contribution is 6.34. The average Bonchev–Trinajstić information content (AvgIpc) is 4.10. The number of carbonyl (C=O) groups is 3. The molecule has 9 fully saturated rings. The number of rotatable bonds is 11. The van der Waals surface area contributed by atoms with Crippen LogP contribution in [0, 0.1) is 40.7 Å². The van der Waals surface area contributed by atoms with E-state index in [-0.39, 0.29) is 75.1 Å². The summed E-state index contributed by atoms with van der Waals surface area (Å²) in [7, 11) is 0. The zero-order chi connectivity index (χ0) is 51.3. The molecule has 2 aliphatic carbocycles. The van der Waals surface area contributed by atoms with Gasteiger partial charge in [0.05, 0.1) is 28.3 Å². The molecule has 5 aromatic rings. The number of terminal acetylenes is 1. The van der Waals surface area contributed by atoms with Gasteiger partial charge in [0.15, 0.2) is 5.82 Å². The van der Waals surface area contributed by atoms with Gasteiger partial charge in [-0.2, -0.15) is 9.97 Å². The fourth-order valence-electron chi connectivity index (χ4n) is 13.9. The molecule has 3 N–H and O–H groups in total. The summed E-state index contributed by atoms with van der Waals surface area (Å²) in [5.74, 6) is 1.82. The van der Waals surface area contributed by atoms with Crippen LogP contribution >= 0.6 is 11.6 Å². The lowest BCUT2D eigenvalue weighted by Crippen LogP contribution is -2.69. The number of ether oxygens (including phenoxy) is 1. The maximum Gasteiger partial charge on any atom is 0.328 e. The number of pyridine rings is 1. The molecule has 75 heavy (non-hydrogen) atoms. The third-order valence-electron chi connectivity index (χ3n) is 18.3. The van der Waals surface area contributed by atoms with E-state index in [0.717, 1.165) is 64.7 Å². The Kier molecular flexibility index (Phi) is 12.2. The van der Waals surface area contributed by atoms with Crippen molar-refractivity contribution in [2.75, 3.05) is 75.3 Å². The number of phenolic OH excluding ortho intramolecular Hbond substituents is 1. The first-order chi connectivity index (χ1) is 36.3. The maximum atomic E-state index is 17.2. The lowest BCUT2D eigenvalue weighted by atomic mass is 9.65. The van der Waals surface area contributed by atoms with Crippen LogP contribution in [0.25, 0.3) is 32.9 Å². The number of aromatic hydroxyl groups is 1. The van der Waals surface area contributed by atoms with Crippen molar-refractivity contribution in [3.63, 3.8) is 0 Å². The number of nitrogens with one attached hydrogen (secondary N) is 2. The second kappa shape index (κ2) is 18.8. The van der Waals surface area contributed by atoms with E-state index in [0.29, 0.717) is 95.7 Å². The summed E-state index contributed by atoms with van der Waals surface area (Å²) >= 11 is 6.47. The van der Waals surface area contributed by atoms with Crippen LogP contribution in [-0.4, -0.2) is 142 Å². The highest BCUT2D eigenvalue weighted by atomic mass is 35.5. The number of halogens is 3. The third kappa shape index (κ3) is 8.98. The van der Waals surface area contributed by atoms with Crippen LogP contribution in [0.1, 0.15) is 93.0 Å². The van der Waals surface area contributed by atoms with Crippen molar-refractivity contribution in [3.05, 3.63) is 76.4 Å². The van der Waals surface area contributed by atoms with Crippen molar-refractivity contribution < 1.29 is 33.0 Å². The number of fused-ring (bicyclic) bond motifs is 6. The van der Waals surface area contributed by atoms with Gasteiger partial charge in [-0.05, 0) is 124 Å². The summed E-state index contributed by atoms with van der Waals surface area (Å²) in [6.45, 7) is 7.63. The normalized spacial score (nSPS) is 25.4. The first kappa shape index (κ1) is 48.5. The smallest absolute Gasteiger partial charge is 0.328 e. The predicted molar refractivity (Wildman–Crippen MR) is 281 cm³/mol. The number of urea groups is 1. The van der Waals surface area contributed by atoms with E-state index in [1.165, 1.54) is 61.3 Å². The lowest BCUT2D eigenvalue weighted by Gasteiger charge is -2.58. The zero-order valence-electron chi connectivity index (χ0n) is 41.9. The van der Waals surface area contributed by atoms with E-state index < -0.39 is 17.7 Å². The van der Waals surface area contributed by atoms with Crippen LogP contribution < -0.4 is 25.2 Å². The number of hydrogen-bond acceptors (Lipinski definition) is 12. The molecule has 18 heteroatoms. The van der Waals surface area contributed by atoms with Crippen LogP contribution in [0.2, 0.25) is 5.02 Å². The minimum atomic E-state index is -0.724. The predicted octanol–water partition coefficient (Wildman–Crippen LogP) is 7.88. The second-order valence-corrected chi connectivity index (χ2v) is 23.5. The van der Waals surface area contributed by atoms with Gasteiger partial charge >= 0.3 is 12.0 Å². The third-order valence-corrected chi connectivity index (χ3v) is 18.7. The number of carbonyl (C=O) groups excluding carboxylic acids is 3. The van der Waals surface area contributed by atoms with Crippen LogP contribution in [0.4, 0.5) is 25.1 Å². The summed E-state index contributed by atoms with van der Waals surface area (Å²) < 4.78 is 38.8. The van der Waals surface area contributed by atoms with Gasteiger partial charge in [0, 0.05) is 118 Å². The van der Waals surface area contributed by atoms with Crippen LogP contribution in [0.5, 0.6) is 11.8 Å². The number of anilines is 2. The average molecular weight is 1040 g/mol. The molecule has 2 saturated carbocycles. The highest BCUT2D eigenvalue weighted by Crippen LogP contribution is 2.50. The number of piperidine rings is 2. The molecule has 4 amide bonds. The van der Waals surface area contributed by atoms with E-state index in [4.69, 9.17) is 32.7 Å². The van der Waals surface area contributed by atoms with E-state index in [2.05, 4.69) is 36.2 Å². The van der Waals surface area contributed by atoms with Gasteiger partial charge in [-0.1, -0.05) is 23.6 Å². The summed E-state index contributed by atoms with van der Waals surface area (Å²) in [6.07, 6.45) is 19.8. The molecule has 2 aromatic heterocycles. The molecule has 390 valence electrons. The molecule has 1 spiro atoms. The first-order valence-electron chi connectivity index (χ1n) is 26.9. The fraction of sp³-hybridized carbons (Fsp3) is 0.509. The summed E-state index contributed by atoms with van der Waals surface area (Å²) in [4.78, 5) is 63.3. The molecule has 4 atom stereocenters. The van der Waals surface area contributed by atoms with Gasteiger partial charge in [0.25, 0.3) is 5.91 Å². The molecule has 9 aliphatic rings. The Labute approximate surface area is 439 Å². The summed E-state index contributed by atoms with van der Waals surface area (Å²) in [5, 5.41) is 18.3. The molecule has 7 saturated heterocycles. The second-order valence-electron chi connectivity index (χ2n) is 23.1. The fourth-order valence-corrected chi connectivity index (χ4v) is 14.2. The van der Waals surface area contributed by atoms with Crippen molar-refractivity contribution in [3.8, 4) is 35.4 Å². The molecule has 14 rings (SSSR count). The Balaban J connectivity index is 0.635. The Morgan fingerprint density at radius 1 is 0.920 bits per heavy atom. The van der Waals surface area contributed by atoms with E-state index in [9.17, 15) is 19.5 Å². The van der Waals surface area contributed by atoms with Gasteiger partial charge < -0.3 is 25.0 Å². The molecular weight excluding hydrogens is 978 g/mol. The Bertz CT molecular complexity index is 3180. The Hall–Kier alpha value is -6.19. The van der Waals surface area contributed by atoms with Crippen LogP contribution in [-0.2, 0) is 4.79 Å². The maximum absolute atomic E-state index is 17.2. The largest absolute Gasteiger partial charge is 0.508 e. The molecule has 3 aromatic carbocycles. The first-order valence-corrected chi connectivity index (χ1v) is 27.3. The SMILES string of the molecule is C#Cc1c(F)ccc2cc(O)cc(-c3ncc4c(N5CC6CCC(C5)N6)nc(OCC5(CN6CC7CC(C6)N7CC6CCC7(CC6)CCN(C(=O)c6ccc(Cl)c(N8CCC(=O)NC8=O)c6)CC7)CC5)nc4c3F)c12. The van der Waals surface area contributed by atoms with Gasteiger partial charge in [0.2, 0.25) is 5.91 Å². The highest BCUT2D eigenvalue weighted by Gasteiger charge is 2.51.